The molecule has 0 unspecified atom stereocenters. The highest BCUT2D eigenvalue weighted by Crippen LogP contribution is 1.99. The molecule has 10 nitrogen and oxygen atoms in total. The van der Waals surface area contributed by atoms with Gasteiger partial charge in [0.2, 0.25) is 0 Å². The lowest BCUT2D eigenvalue weighted by atomic mass is 10.1. The molecule has 0 bridgehead atoms. The number of carbonyl (C=O) groups excluding carboxylic acids is 2. The van der Waals surface area contributed by atoms with E-state index in [-0.39, 0.29) is 19.4 Å². The Morgan fingerprint density at radius 1 is 1.48 bits per heavy atom. The summed E-state index contributed by atoms with van der Waals surface area (Å²) in [6.45, 7) is 0.268. The second kappa shape index (κ2) is 8.51. The van der Waals surface area contributed by atoms with Crippen molar-refractivity contribution in [1.29, 1.82) is 0 Å². The molecule has 1 heterocycles. The topological polar surface area (TPSA) is 146 Å². The molecule has 0 aliphatic heterocycles. The zero-order valence-electron chi connectivity index (χ0n) is 11.5. The number of H-pyrrole nitrogens is 1. The maximum Gasteiger partial charge on any atom is 0.326 e. The summed E-state index contributed by atoms with van der Waals surface area (Å²) in [6, 6.07) is -1.79. The number of methoxy groups -OCH3 is 1. The molecule has 21 heavy (non-hydrogen) atoms. The van der Waals surface area contributed by atoms with Crippen molar-refractivity contribution in [3.8, 4) is 0 Å². The number of esters is 1. The minimum absolute atomic E-state index is 0.0441. The predicted octanol–water partition coefficient (Wildman–Crippen LogP) is -0.947. The molecule has 0 aliphatic rings. The van der Waals surface area contributed by atoms with Gasteiger partial charge < -0.3 is 20.5 Å². The molecule has 2 amide bonds. The van der Waals surface area contributed by atoms with E-state index >= 15 is 0 Å². The van der Waals surface area contributed by atoms with Gasteiger partial charge in [-0.1, -0.05) is 0 Å². The van der Waals surface area contributed by atoms with Crippen molar-refractivity contribution < 1.29 is 24.2 Å². The Kier molecular flexibility index (Phi) is 6.65. The van der Waals surface area contributed by atoms with Crippen molar-refractivity contribution in [3.05, 3.63) is 12.2 Å². The number of aromatic nitrogens is 3. The van der Waals surface area contributed by atoms with Gasteiger partial charge in [-0.15, -0.1) is 0 Å². The van der Waals surface area contributed by atoms with Gasteiger partial charge in [0.15, 0.2) is 0 Å². The molecule has 10 heteroatoms. The van der Waals surface area contributed by atoms with Crippen LogP contribution in [0, 0.1) is 0 Å². The highest BCUT2D eigenvalue weighted by atomic mass is 16.5. The van der Waals surface area contributed by atoms with E-state index in [9.17, 15) is 14.4 Å². The molecule has 4 N–H and O–H groups in total. The first-order chi connectivity index (χ1) is 10.0. The summed E-state index contributed by atoms with van der Waals surface area (Å²) in [5.41, 5.74) is 0. The molecule has 1 aromatic heterocycles. The number of urea groups is 1. The number of carboxylic acids is 1. The molecule has 0 aromatic carbocycles. The van der Waals surface area contributed by atoms with Gasteiger partial charge in [-0.05, 0) is 6.42 Å². The van der Waals surface area contributed by atoms with Crippen molar-refractivity contribution in [3.63, 3.8) is 0 Å². The Hall–Kier alpha value is -2.65. The number of hydrogen-bond acceptors (Lipinski definition) is 6. The third-order valence-electron chi connectivity index (χ3n) is 2.58. The van der Waals surface area contributed by atoms with Crippen LogP contribution < -0.4 is 10.6 Å². The Balaban J connectivity index is 2.31. The molecule has 1 aromatic rings. The van der Waals surface area contributed by atoms with E-state index in [4.69, 9.17) is 5.11 Å². The Morgan fingerprint density at radius 2 is 2.24 bits per heavy atom. The van der Waals surface area contributed by atoms with Crippen molar-refractivity contribution in [2.75, 3.05) is 13.7 Å². The Bertz CT molecular complexity index is 475. The van der Waals surface area contributed by atoms with Crippen LogP contribution in [0.3, 0.4) is 0 Å². The van der Waals surface area contributed by atoms with E-state index in [2.05, 4.69) is 30.6 Å². The van der Waals surface area contributed by atoms with Crippen LogP contribution in [0.15, 0.2) is 6.33 Å². The van der Waals surface area contributed by atoms with Crippen LogP contribution in [0.4, 0.5) is 4.79 Å². The number of carbonyl (C=O) groups is 3. The molecule has 0 spiro atoms. The fraction of sp³-hybridized carbons (Fsp3) is 0.545. The second-order valence-electron chi connectivity index (χ2n) is 4.09. The summed E-state index contributed by atoms with van der Waals surface area (Å²) >= 11 is 0. The molecule has 0 saturated heterocycles. The van der Waals surface area contributed by atoms with Crippen LogP contribution in [0.5, 0.6) is 0 Å². The zero-order chi connectivity index (χ0) is 15.7. The highest BCUT2D eigenvalue weighted by molar-refractivity contribution is 5.83. The van der Waals surface area contributed by atoms with Gasteiger partial charge in [0, 0.05) is 19.4 Å². The summed E-state index contributed by atoms with van der Waals surface area (Å²) in [5, 5.41) is 20.0. The van der Waals surface area contributed by atoms with Crippen LogP contribution in [0.2, 0.25) is 0 Å². The average molecular weight is 299 g/mol. The largest absolute Gasteiger partial charge is 0.480 e. The van der Waals surface area contributed by atoms with Gasteiger partial charge in [-0.3, -0.25) is 9.89 Å². The number of aromatic amines is 1. The van der Waals surface area contributed by atoms with Crippen LogP contribution in [-0.2, 0) is 20.7 Å². The summed E-state index contributed by atoms with van der Waals surface area (Å²) in [4.78, 5) is 37.4. The minimum atomic E-state index is -1.22. The number of ether oxygens (including phenoxy) is 1. The van der Waals surface area contributed by atoms with Crippen molar-refractivity contribution in [2.45, 2.75) is 25.3 Å². The van der Waals surface area contributed by atoms with Crippen molar-refractivity contribution in [1.82, 2.24) is 25.8 Å². The SMILES string of the molecule is COC(=O)CC[C@@H](NC(=O)NCCc1ncn[nH]1)C(=O)O. The Labute approximate surface area is 120 Å². The molecule has 0 aliphatic carbocycles. The highest BCUT2D eigenvalue weighted by Gasteiger charge is 2.21. The summed E-state index contributed by atoms with van der Waals surface area (Å²) in [7, 11) is 1.21. The zero-order valence-corrected chi connectivity index (χ0v) is 11.5. The third kappa shape index (κ3) is 6.36. The second-order valence-corrected chi connectivity index (χ2v) is 4.09. The monoisotopic (exact) mass is 299 g/mol. The first kappa shape index (κ1) is 16.4. The van der Waals surface area contributed by atoms with E-state index in [0.29, 0.717) is 12.2 Å². The molecular formula is C11H17N5O5. The number of amides is 2. The van der Waals surface area contributed by atoms with E-state index < -0.39 is 24.0 Å². The number of carboxylic acid groups (broad SMARTS) is 1. The summed E-state index contributed by atoms with van der Waals surface area (Å²) in [5.74, 6) is -1.14. The van der Waals surface area contributed by atoms with Gasteiger partial charge >= 0.3 is 18.0 Å². The molecule has 0 fully saturated rings. The fourth-order valence-electron chi connectivity index (χ4n) is 1.48. The van der Waals surface area contributed by atoms with Crippen molar-refractivity contribution in [2.24, 2.45) is 0 Å². The first-order valence-corrected chi connectivity index (χ1v) is 6.21. The molecule has 1 atom stereocenters. The number of hydrogen-bond donors (Lipinski definition) is 4. The molecule has 0 saturated carbocycles. The summed E-state index contributed by atoms with van der Waals surface area (Å²) in [6.07, 6.45) is 1.65. The van der Waals surface area contributed by atoms with Gasteiger partial charge in [0.25, 0.3) is 0 Å². The maximum absolute atomic E-state index is 11.6. The number of nitrogens with zero attached hydrogens (tertiary/aromatic N) is 2. The van der Waals surface area contributed by atoms with Gasteiger partial charge in [0.05, 0.1) is 7.11 Å². The van der Waals surface area contributed by atoms with Gasteiger partial charge in [-0.25, -0.2) is 14.6 Å². The lowest BCUT2D eigenvalue weighted by Crippen LogP contribution is -2.46. The van der Waals surface area contributed by atoms with Gasteiger partial charge in [0.1, 0.15) is 18.2 Å². The quantitative estimate of drug-likeness (QED) is 0.453. The van der Waals surface area contributed by atoms with Crippen LogP contribution in [-0.4, -0.2) is 58.0 Å². The predicted molar refractivity (Wildman–Crippen MR) is 69.3 cm³/mol. The minimum Gasteiger partial charge on any atom is -0.480 e. The number of nitrogens with one attached hydrogen (secondary N) is 3. The van der Waals surface area contributed by atoms with E-state index in [1.807, 2.05) is 0 Å². The standard InChI is InChI=1S/C11H17N5O5/c1-21-9(17)3-2-7(10(18)19)15-11(20)12-5-4-8-13-6-14-16-8/h6-7H,2-5H2,1H3,(H,18,19)(H2,12,15,20)(H,13,14,16)/t7-/m1/s1. The average Bonchev–Trinajstić information content (AvgIpc) is 2.95. The lowest BCUT2D eigenvalue weighted by molar-refractivity contribution is -0.142. The van der Waals surface area contributed by atoms with E-state index in [1.54, 1.807) is 0 Å². The smallest absolute Gasteiger partial charge is 0.326 e. The molecule has 0 radical (unpaired) electrons. The molecule has 116 valence electrons. The Morgan fingerprint density at radius 3 is 2.81 bits per heavy atom. The van der Waals surface area contributed by atoms with E-state index in [0.717, 1.165) is 0 Å². The third-order valence-corrected chi connectivity index (χ3v) is 2.58. The lowest BCUT2D eigenvalue weighted by Gasteiger charge is -2.14. The van der Waals surface area contributed by atoms with E-state index in [1.165, 1.54) is 13.4 Å². The first-order valence-electron chi connectivity index (χ1n) is 6.21. The molecular weight excluding hydrogens is 282 g/mol. The van der Waals surface area contributed by atoms with Crippen molar-refractivity contribution >= 4 is 18.0 Å². The van der Waals surface area contributed by atoms with Crippen LogP contribution in [0.25, 0.3) is 0 Å². The maximum atomic E-state index is 11.6. The number of aliphatic carboxylic acids is 1. The van der Waals surface area contributed by atoms with Gasteiger partial charge in [-0.2, -0.15) is 5.10 Å². The normalized spacial score (nSPS) is 11.5. The fourth-order valence-corrected chi connectivity index (χ4v) is 1.48. The number of rotatable bonds is 8. The van der Waals surface area contributed by atoms with Crippen LogP contribution >= 0.6 is 0 Å². The molecule has 1 rings (SSSR count). The summed E-state index contributed by atoms with van der Waals surface area (Å²) < 4.78 is 4.42. The van der Waals surface area contributed by atoms with Crippen LogP contribution in [0.1, 0.15) is 18.7 Å².